The van der Waals surface area contributed by atoms with Crippen LogP contribution in [-0.4, -0.2) is 47.2 Å². The number of benzene rings is 2. The predicted octanol–water partition coefficient (Wildman–Crippen LogP) is 4.02. The number of nitrogens with zero attached hydrogens (tertiary/aromatic N) is 2. The molecule has 0 spiro atoms. The number of para-hydroxylation sites is 2. The quantitative estimate of drug-likeness (QED) is 0.403. The molecule has 0 aliphatic rings. The second kappa shape index (κ2) is 10.8. The maximum atomic E-state index is 9.60. The lowest BCUT2D eigenvalue weighted by atomic mass is 10.2. The van der Waals surface area contributed by atoms with Gasteiger partial charge in [-0.3, -0.25) is 9.98 Å². The van der Waals surface area contributed by atoms with Gasteiger partial charge in [-0.2, -0.15) is 0 Å². The van der Waals surface area contributed by atoms with Gasteiger partial charge in [0.1, 0.15) is 11.5 Å². The summed E-state index contributed by atoms with van der Waals surface area (Å²) in [5.41, 5.74) is 1.49. The zero-order valence-corrected chi connectivity index (χ0v) is 14.8. The molecule has 0 saturated heterocycles. The third-order valence-electron chi connectivity index (χ3n) is 3.03. The van der Waals surface area contributed by atoms with Crippen molar-refractivity contribution in [3.8, 4) is 11.5 Å². The summed E-state index contributed by atoms with van der Waals surface area (Å²) in [7, 11) is 3.52. The Balaban J connectivity index is 1.54. The molecule has 2 aromatic rings. The first-order valence-corrected chi connectivity index (χ1v) is 10.1. The number of aliphatic imine (C=N–C) groups is 2. The minimum absolute atomic E-state index is 0.255. The highest BCUT2D eigenvalue weighted by Crippen LogP contribution is 2.20. The number of phenolic OH excluding ortho intramolecular Hbond substituents is 2. The molecule has 2 aromatic carbocycles. The monoisotopic (exact) mass is 360 g/mol. The Labute approximate surface area is 150 Å². The van der Waals surface area contributed by atoms with Crippen molar-refractivity contribution < 1.29 is 10.2 Å². The van der Waals surface area contributed by atoms with Crippen LogP contribution in [0.4, 0.5) is 0 Å². The average molecular weight is 361 g/mol. The van der Waals surface area contributed by atoms with Gasteiger partial charge >= 0.3 is 0 Å². The summed E-state index contributed by atoms with van der Waals surface area (Å²) in [6, 6.07) is 14.3. The van der Waals surface area contributed by atoms with Crippen LogP contribution in [-0.2, 0) is 0 Å². The van der Waals surface area contributed by atoms with Crippen molar-refractivity contribution in [3.63, 3.8) is 0 Å². The molecule has 0 radical (unpaired) electrons. The Morgan fingerprint density at radius 2 is 1.12 bits per heavy atom. The van der Waals surface area contributed by atoms with E-state index in [1.165, 1.54) is 0 Å². The lowest BCUT2D eigenvalue weighted by Gasteiger charge is -1.99. The van der Waals surface area contributed by atoms with Gasteiger partial charge in [0, 0.05) is 48.2 Å². The van der Waals surface area contributed by atoms with Gasteiger partial charge in [-0.15, -0.1) is 0 Å². The van der Waals surface area contributed by atoms with Gasteiger partial charge in [-0.05, 0) is 24.3 Å². The Bertz CT molecular complexity index is 631. The second-order valence-electron chi connectivity index (χ2n) is 4.83. The number of aromatic hydroxyl groups is 2. The van der Waals surface area contributed by atoms with Gasteiger partial charge in [-0.25, -0.2) is 0 Å². The molecule has 4 nitrogen and oxygen atoms in total. The van der Waals surface area contributed by atoms with E-state index in [4.69, 9.17) is 0 Å². The van der Waals surface area contributed by atoms with E-state index in [0.717, 1.165) is 22.6 Å². The van der Waals surface area contributed by atoms with Crippen molar-refractivity contribution in [3.05, 3.63) is 59.7 Å². The lowest BCUT2D eigenvalue weighted by Crippen LogP contribution is -1.89. The van der Waals surface area contributed by atoms with Crippen molar-refractivity contribution >= 4 is 34.0 Å². The van der Waals surface area contributed by atoms with Crippen LogP contribution in [0.5, 0.6) is 11.5 Å². The van der Waals surface area contributed by atoms with Gasteiger partial charge < -0.3 is 10.2 Å². The van der Waals surface area contributed by atoms with Gasteiger partial charge in [0.2, 0.25) is 0 Å². The van der Waals surface area contributed by atoms with Crippen LogP contribution in [0.15, 0.2) is 58.5 Å². The van der Waals surface area contributed by atoms with Crippen LogP contribution in [0.2, 0.25) is 0 Å². The first-order valence-electron chi connectivity index (χ1n) is 7.57. The number of rotatable bonds is 9. The van der Waals surface area contributed by atoms with E-state index < -0.39 is 0 Å². The summed E-state index contributed by atoms with van der Waals surface area (Å²) in [5, 5.41) is 19.2. The summed E-state index contributed by atoms with van der Waals surface area (Å²) in [6.07, 6.45) is 3.41. The molecule has 0 atom stereocenters. The van der Waals surface area contributed by atoms with Gasteiger partial charge in [0.05, 0.1) is 0 Å². The number of hydrogen-bond acceptors (Lipinski definition) is 6. The fourth-order valence-electron chi connectivity index (χ4n) is 1.82. The summed E-state index contributed by atoms with van der Waals surface area (Å²) in [6.45, 7) is 1.43. The highest BCUT2D eigenvalue weighted by atomic mass is 33.1. The van der Waals surface area contributed by atoms with E-state index in [0.29, 0.717) is 13.1 Å². The molecule has 126 valence electrons. The Hall–Kier alpha value is -1.92. The van der Waals surface area contributed by atoms with E-state index in [-0.39, 0.29) is 11.5 Å². The van der Waals surface area contributed by atoms with Gasteiger partial charge in [0.25, 0.3) is 0 Å². The fourth-order valence-corrected chi connectivity index (χ4v) is 3.57. The largest absolute Gasteiger partial charge is 0.507 e. The normalized spacial score (nSPS) is 11.5. The minimum atomic E-state index is 0.255. The Morgan fingerprint density at radius 3 is 1.54 bits per heavy atom. The molecule has 2 N–H and O–H groups in total. The molecule has 0 aromatic heterocycles. The Kier molecular flexibility index (Phi) is 8.27. The van der Waals surface area contributed by atoms with E-state index in [2.05, 4.69) is 9.98 Å². The molecular weight excluding hydrogens is 340 g/mol. The molecule has 0 saturated carbocycles. The van der Waals surface area contributed by atoms with Crippen LogP contribution >= 0.6 is 21.6 Å². The summed E-state index contributed by atoms with van der Waals surface area (Å²) in [5.74, 6) is 2.34. The zero-order valence-electron chi connectivity index (χ0n) is 13.2. The maximum absolute atomic E-state index is 9.60. The van der Waals surface area contributed by atoms with Crippen molar-refractivity contribution in [2.24, 2.45) is 9.98 Å². The molecule has 0 bridgehead atoms. The lowest BCUT2D eigenvalue weighted by molar-refractivity contribution is 0.474. The molecule has 0 amide bonds. The number of phenols is 2. The van der Waals surface area contributed by atoms with Crippen molar-refractivity contribution in [2.45, 2.75) is 0 Å². The third-order valence-corrected chi connectivity index (χ3v) is 5.39. The number of hydrogen-bond donors (Lipinski definition) is 2. The third kappa shape index (κ3) is 6.68. The van der Waals surface area contributed by atoms with Crippen LogP contribution < -0.4 is 0 Å². The predicted molar refractivity (Wildman–Crippen MR) is 106 cm³/mol. The highest BCUT2D eigenvalue weighted by molar-refractivity contribution is 8.76. The minimum Gasteiger partial charge on any atom is -0.507 e. The van der Waals surface area contributed by atoms with Crippen molar-refractivity contribution in [1.29, 1.82) is 0 Å². The molecule has 24 heavy (non-hydrogen) atoms. The summed E-state index contributed by atoms with van der Waals surface area (Å²) < 4.78 is 0. The van der Waals surface area contributed by atoms with E-state index in [1.54, 1.807) is 58.3 Å². The molecule has 0 fully saturated rings. The van der Waals surface area contributed by atoms with Crippen molar-refractivity contribution in [2.75, 3.05) is 24.6 Å². The van der Waals surface area contributed by atoms with Crippen LogP contribution in [0, 0.1) is 0 Å². The fraction of sp³-hybridized carbons (Fsp3) is 0.222. The van der Waals surface area contributed by atoms with Crippen LogP contribution in [0.1, 0.15) is 11.1 Å². The SMILES string of the molecule is Oc1ccccc1/C=N/CCSSCC/N=C/c1ccccc1O. The summed E-state index contributed by atoms with van der Waals surface area (Å²) in [4.78, 5) is 8.62. The standard InChI is InChI=1S/C18H20N2O2S2/c21-17-7-3-1-5-15(17)13-19-9-11-23-24-12-10-20-14-16-6-2-4-8-18(16)22/h1-8,13-14,21-22H,9-12H2/b19-13+,20-14+. The van der Waals surface area contributed by atoms with Crippen molar-refractivity contribution in [1.82, 2.24) is 0 Å². The molecule has 0 unspecified atom stereocenters. The van der Waals surface area contributed by atoms with Gasteiger partial charge in [-0.1, -0.05) is 45.9 Å². The summed E-state index contributed by atoms with van der Waals surface area (Å²) >= 11 is 0. The molecule has 0 heterocycles. The first-order chi connectivity index (χ1) is 11.8. The highest BCUT2D eigenvalue weighted by Gasteiger charge is 1.95. The average Bonchev–Trinajstić information content (AvgIpc) is 2.59. The van der Waals surface area contributed by atoms with E-state index in [9.17, 15) is 10.2 Å². The van der Waals surface area contributed by atoms with Crippen LogP contribution in [0.3, 0.4) is 0 Å². The zero-order chi connectivity index (χ0) is 17.0. The molecule has 0 aliphatic heterocycles. The Morgan fingerprint density at radius 1 is 0.708 bits per heavy atom. The van der Waals surface area contributed by atoms with Crippen LogP contribution in [0.25, 0.3) is 0 Å². The molecule has 2 rings (SSSR count). The molecule has 0 aliphatic carbocycles. The second-order valence-corrected chi connectivity index (χ2v) is 7.53. The van der Waals surface area contributed by atoms with E-state index >= 15 is 0 Å². The first kappa shape index (κ1) is 18.4. The smallest absolute Gasteiger partial charge is 0.124 e. The van der Waals surface area contributed by atoms with Gasteiger partial charge in [0.15, 0.2) is 0 Å². The van der Waals surface area contributed by atoms with E-state index in [1.807, 2.05) is 24.3 Å². The molecular formula is C18H20N2O2S2. The molecule has 6 heteroatoms. The topological polar surface area (TPSA) is 65.2 Å². The maximum Gasteiger partial charge on any atom is 0.124 e.